The zero-order valence-electron chi connectivity index (χ0n) is 17.2. The van der Waals surface area contributed by atoms with Gasteiger partial charge in [0.05, 0.1) is 24.7 Å². The van der Waals surface area contributed by atoms with Gasteiger partial charge in [-0.05, 0) is 68.1 Å². The van der Waals surface area contributed by atoms with Crippen LogP contribution in [0.4, 0.5) is 11.4 Å². The largest absolute Gasteiger partial charge is 0.495 e. The second kappa shape index (κ2) is 8.65. The Balaban J connectivity index is 2.47. The number of anilines is 2. The number of ether oxygens (including phenoxy) is 1. The van der Waals surface area contributed by atoms with Gasteiger partial charge >= 0.3 is 0 Å². The van der Waals surface area contributed by atoms with E-state index in [0.717, 1.165) is 22.9 Å². The van der Waals surface area contributed by atoms with E-state index in [1.807, 2.05) is 32.9 Å². The van der Waals surface area contributed by atoms with E-state index >= 15 is 0 Å². The van der Waals surface area contributed by atoms with E-state index < -0.39 is 22.0 Å². The first-order chi connectivity index (χ1) is 13.1. The van der Waals surface area contributed by atoms with E-state index in [9.17, 15) is 13.2 Å². The van der Waals surface area contributed by atoms with Gasteiger partial charge in [0.2, 0.25) is 15.9 Å². The lowest BCUT2D eigenvalue weighted by atomic mass is 10.1. The molecule has 0 aliphatic heterocycles. The molecule has 7 heteroatoms. The van der Waals surface area contributed by atoms with Crippen molar-refractivity contribution in [2.24, 2.45) is 0 Å². The third-order valence-electron chi connectivity index (χ3n) is 4.40. The van der Waals surface area contributed by atoms with Crippen molar-refractivity contribution in [2.45, 2.75) is 40.2 Å². The number of benzene rings is 2. The Morgan fingerprint density at radius 1 is 1.07 bits per heavy atom. The molecule has 0 radical (unpaired) electrons. The van der Waals surface area contributed by atoms with Crippen LogP contribution in [0.5, 0.6) is 5.75 Å². The van der Waals surface area contributed by atoms with Crippen molar-refractivity contribution in [3.8, 4) is 5.75 Å². The standard InChI is InChI=1S/C21H28N2O4S/c1-7-19(21(24)22-18-13-14(2)8-9-20(18)27-5)23(28(6,25)26)17-11-15(3)10-16(4)12-17/h8-13,19H,7H2,1-6H3,(H,22,24). The van der Waals surface area contributed by atoms with Crippen LogP contribution in [-0.2, 0) is 14.8 Å². The predicted octanol–water partition coefficient (Wildman–Crippen LogP) is 3.80. The van der Waals surface area contributed by atoms with Crippen LogP contribution in [0.3, 0.4) is 0 Å². The molecule has 0 aliphatic carbocycles. The molecule has 1 N–H and O–H groups in total. The van der Waals surface area contributed by atoms with Crippen molar-refractivity contribution < 1.29 is 17.9 Å². The fraction of sp³-hybridized carbons (Fsp3) is 0.381. The topological polar surface area (TPSA) is 75.7 Å². The third kappa shape index (κ3) is 5.04. The maximum atomic E-state index is 13.1. The summed E-state index contributed by atoms with van der Waals surface area (Å²) >= 11 is 0. The molecule has 1 unspecified atom stereocenters. The highest BCUT2D eigenvalue weighted by atomic mass is 32.2. The maximum absolute atomic E-state index is 13.1. The van der Waals surface area contributed by atoms with E-state index in [0.29, 0.717) is 23.5 Å². The molecule has 2 aromatic rings. The average Bonchev–Trinajstić information content (AvgIpc) is 2.57. The zero-order chi connectivity index (χ0) is 21.1. The Kier molecular flexibility index (Phi) is 6.72. The Hall–Kier alpha value is -2.54. The van der Waals surface area contributed by atoms with Gasteiger partial charge in [-0.2, -0.15) is 0 Å². The molecule has 6 nitrogen and oxygen atoms in total. The lowest BCUT2D eigenvalue weighted by Gasteiger charge is -2.30. The van der Waals surface area contributed by atoms with E-state index in [1.165, 1.54) is 11.4 Å². The van der Waals surface area contributed by atoms with Gasteiger partial charge in [0.15, 0.2) is 0 Å². The summed E-state index contributed by atoms with van der Waals surface area (Å²) in [6, 6.07) is 10.1. The van der Waals surface area contributed by atoms with E-state index in [4.69, 9.17) is 4.74 Å². The van der Waals surface area contributed by atoms with E-state index in [-0.39, 0.29) is 0 Å². The fourth-order valence-corrected chi connectivity index (χ4v) is 4.47. The fourth-order valence-electron chi connectivity index (χ4n) is 3.27. The van der Waals surface area contributed by atoms with Gasteiger partial charge < -0.3 is 10.1 Å². The number of carbonyl (C=O) groups excluding carboxylic acids is 1. The minimum Gasteiger partial charge on any atom is -0.495 e. The van der Waals surface area contributed by atoms with Crippen LogP contribution in [0.2, 0.25) is 0 Å². The van der Waals surface area contributed by atoms with Gasteiger partial charge in [-0.3, -0.25) is 9.10 Å². The summed E-state index contributed by atoms with van der Waals surface area (Å²) in [4.78, 5) is 13.1. The lowest BCUT2D eigenvalue weighted by Crippen LogP contribution is -2.47. The molecule has 1 atom stereocenters. The summed E-state index contributed by atoms with van der Waals surface area (Å²) in [5, 5.41) is 2.83. The number of nitrogens with one attached hydrogen (secondary N) is 1. The number of carbonyl (C=O) groups is 1. The molecule has 2 aromatic carbocycles. The predicted molar refractivity (Wildman–Crippen MR) is 114 cm³/mol. The summed E-state index contributed by atoms with van der Waals surface area (Å²) in [7, 11) is -2.16. The summed E-state index contributed by atoms with van der Waals surface area (Å²) in [5.41, 5.74) is 3.81. The first kappa shape index (κ1) is 21.8. The molecule has 152 valence electrons. The molecule has 1 amide bonds. The van der Waals surface area contributed by atoms with Gasteiger partial charge in [-0.15, -0.1) is 0 Å². The molecule has 0 saturated carbocycles. The molecular formula is C21H28N2O4S. The highest BCUT2D eigenvalue weighted by Gasteiger charge is 2.32. The monoisotopic (exact) mass is 404 g/mol. The molecule has 0 heterocycles. The van der Waals surface area contributed by atoms with Gasteiger partial charge in [0.1, 0.15) is 11.8 Å². The maximum Gasteiger partial charge on any atom is 0.248 e. The van der Waals surface area contributed by atoms with Crippen molar-refractivity contribution in [3.05, 3.63) is 53.1 Å². The summed E-state index contributed by atoms with van der Waals surface area (Å²) in [6.45, 7) is 7.49. The van der Waals surface area contributed by atoms with Gasteiger partial charge in [0.25, 0.3) is 0 Å². The van der Waals surface area contributed by atoms with Gasteiger partial charge in [-0.1, -0.05) is 19.1 Å². The molecule has 28 heavy (non-hydrogen) atoms. The van der Waals surface area contributed by atoms with Gasteiger partial charge in [-0.25, -0.2) is 8.42 Å². The van der Waals surface area contributed by atoms with Crippen molar-refractivity contribution in [2.75, 3.05) is 23.0 Å². The molecular weight excluding hydrogens is 376 g/mol. The third-order valence-corrected chi connectivity index (χ3v) is 5.58. The normalized spacial score (nSPS) is 12.4. The molecule has 0 saturated heterocycles. The first-order valence-electron chi connectivity index (χ1n) is 9.10. The minimum absolute atomic E-state index is 0.319. The number of sulfonamides is 1. The molecule has 0 spiro atoms. The summed E-state index contributed by atoms with van der Waals surface area (Å²) < 4.78 is 31.7. The van der Waals surface area contributed by atoms with Crippen LogP contribution < -0.4 is 14.4 Å². The second-order valence-corrected chi connectivity index (χ2v) is 8.88. The Morgan fingerprint density at radius 3 is 2.18 bits per heavy atom. The average molecular weight is 405 g/mol. The molecule has 0 fully saturated rings. The highest BCUT2D eigenvalue weighted by Crippen LogP contribution is 2.28. The molecule has 0 aromatic heterocycles. The number of amides is 1. The zero-order valence-corrected chi connectivity index (χ0v) is 18.1. The van der Waals surface area contributed by atoms with Crippen LogP contribution in [0.15, 0.2) is 36.4 Å². The molecule has 0 bridgehead atoms. The first-order valence-corrected chi connectivity index (χ1v) is 10.9. The lowest BCUT2D eigenvalue weighted by molar-refractivity contribution is -0.117. The van der Waals surface area contributed by atoms with Crippen LogP contribution in [0, 0.1) is 20.8 Å². The Morgan fingerprint density at radius 2 is 1.68 bits per heavy atom. The van der Waals surface area contributed by atoms with Crippen molar-refractivity contribution in [3.63, 3.8) is 0 Å². The van der Waals surface area contributed by atoms with Crippen molar-refractivity contribution >= 4 is 27.3 Å². The van der Waals surface area contributed by atoms with E-state index in [2.05, 4.69) is 5.32 Å². The van der Waals surface area contributed by atoms with Crippen LogP contribution in [0.25, 0.3) is 0 Å². The number of hydrogen-bond acceptors (Lipinski definition) is 4. The van der Waals surface area contributed by atoms with Crippen LogP contribution in [0.1, 0.15) is 30.0 Å². The highest BCUT2D eigenvalue weighted by molar-refractivity contribution is 7.92. The number of hydrogen-bond donors (Lipinski definition) is 1. The smallest absolute Gasteiger partial charge is 0.248 e. The molecule has 2 rings (SSSR count). The number of methoxy groups -OCH3 is 1. The minimum atomic E-state index is -3.68. The van der Waals surface area contributed by atoms with E-state index in [1.54, 1.807) is 31.2 Å². The van der Waals surface area contributed by atoms with Crippen LogP contribution in [-0.4, -0.2) is 33.7 Å². The van der Waals surface area contributed by atoms with Crippen LogP contribution >= 0.6 is 0 Å². The summed E-state index contributed by atoms with van der Waals surface area (Å²) in [5.74, 6) is 0.113. The Bertz CT molecular complexity index is 950. The SMILES string of the molecule is CCC(C(=O)Nc1cc(C)ccc1OC)N(c1cc(C)cc(C)c1)S(C)(=O)=O. The number of nitrogens with zero attached hydrogens (tertiary/aromatic N) is 1. The Labute approximate surface area is 167 Å². The number of rotatable bonds is 7. The quantitative estimate of drug-likeness (QED) is 0.761. The summed E-state index contributed by atoms with van der Waals surface area (Å²) in [6.07, 6.45) is 1.44. The molecule has 0 aliphatic rings. The van der Waals surface area contributed by atoms with Crippen molar-refractivity contribution in [1.29, 1.82) is 0 Å². The van der Waals surface area contributed by atoms with Crippen molar-refractivity contribution in [1.82, 2.24) is 0 Å². The van der Waals surface area contributed by atoms with Gasteiger partial charge in [0, 0.05) is 0 Å². The second-order valence-electron chi connectivity index (χ2n) is 7.02. The number of aryl methyl sites for hydroxylation is 3.